The predicted octanol–water partition coefficient (Wildman–Crippen LogP) is -0.269. The summed E-state index contributed by atoms with van der Waals surface area (Å²) in [5.74, 6) is 0. The lowest BCUT2D eigenvalue weighted by Gasteiger charge is -1.84. The van der Waals surface area contributed by atoms with E-state index >= 15 is 0 Å². The normalized spacial score (nSPS) is 9.00. The second-order valence-electron chi connectivity index (χ2n) is 0.899. The van der Waals surface area contributed by atoms with Gasteiger partial charge in [-0.05, 0) is 11.7 Å². The topological polar surface area (TPSA) is 49.4 Å². The van der Waals surface area contributed by atoms with Crippen LogP contribution >= 0.6 is 0 Å². The monoisotopic (exact) mass is 91.0 g/mol. The van der Waals surface area contributed by atoms with E-state index in [9.17, 15) is 0 Å². The van der Waals surface area contributed by atoms with Crippen LogP contribution in [0, 0.1) is 0 Å². The van der Waals surface area contributed by atoms with Crippen molar-refractivity contribution in [3.63, 3.8) is 0 Å². The highest BCUT2D eigenvalue weighted by atomic mass is 17.1. The van der Waals surface area contributed by atoms with Crippen molar-refractivity contribution in [1.82, 2.24) is 0 Å². The maximum Gasteiger partial charge on any atom is 0.0876 e. The molecule has 0 fully saturated rings. The molecule has 0 atom stereocenters. The summed E-state index contributed by atoms with van der Waals surface area (Å²) in [7, 11) is 0. The molecule has 0 heterocycles. The van der Waals surface area contributed by atoms with E-state index in [0.29, 0.717) is 6.42 Å². The van der Waals surface area contributed by atoms with Gasteiger partial charge in [0.2, 0.25) is 0 Å². The van der Waals surface area contributed by atoms with E-state index < -0.39 is 0 Å². The van der Waals surface area contributed by atoms with Gasteiger partial charge in [-0.25, -0.2) is 4.89 Å². The molecule has 3 heteroatoms. The van der Waals surface area contributed by atoms with Gasteiger partial charge in [0.1, 0.15) is 0 Å². The van der Waals surface area contributed by atoms with Crippen molar-refractivity contribution in [3.05, 3.63) is 0 Å². The Morgan fingerprint density at radius 1 is 1.67 bits per heavy atom. The van der Waals surface area contributed by atoms with Gasteiger partial charge in [0, 0.05) is 6.61 Å². The second kappa shape index (κ2) is 4.88. The van der Waals surface area contributed by atoms with E-state index in [-0.39, 0.29) is 13.2 Å². The minimum atomic E-state index is 0.0300. The van der Waals surface area contributed by atoms with Crippen molar-refractivity contribution in [1.29, 1.82) is 0 Å². The third kappa shape index (κ3) is 3.88. The van der Waals surface area contributed by atoms with Crippen molar-refractivity contribution in [2.75, 3.05) is 13.2 Å². The van der Waals surface area contributed by atoms with Gasteiger partial charge in [-0.2, -0.15) is 0 Å². The van der Waals surface area contributed by atoms with Crippen LogP contribution in [0.5, 0.6) is 0 Å². The van der Waals surface area contributed by atoms with Crippen molar-refractivity contribution in [2.45, 2.75) is 6.42 Å². The molecular formula is C3H7O3. The largest absolute Gasteiger partial charge is 0.396 e. The number of hydrogen-bond donors (Lipinski definition) is 1. The summed E-state index contributed by atoms with van der Waals surface area (Å²) >= 11 is 0. The summed E-state index contributed by atoms with van der Waals surface area (Å²) in [4.78, 5) is 3.37. The third-order valence-electron chi connectivity index (χ3n) is 0.386. The molecule has 0 aromatic rings. The van der Waals surface area contributed by atoms with Crippen LogP contribution in [-0.2, 0) is 10.1 Å². The molecule has 0 bridgehead atoms. The lowest BCUT2D eigenvalue weighted by Crippen LogP contribution is -1.90. The molecule has 1 radical (unpaired) electrons. The smallest absolute Gasteiger partial charge is 0.0876 e. The van der Waals surface area contributed by atoms with Gasteiger partial charge >= 0.3 is 0 Å². The molecule has 0 spiro atoms. The highest BCUT2D eigenvalue weighted by molar-refractivity contribution is 4.23. The average molecular weight is 91.1 g/mol. The van der Waals surface area contributed by atoms with E-state index in [1.165, 1.54) is 0 Å². The quantitative estimate of drug-likeness (QED) is 0.295. The number of rotatable bonds is 3. The van der Waals surface area contributed by atoms with Crippen LogP contribution in [0.2, 0.25) is 0 Å². The molecule has 0 rings (SSSR count). The summed E-state index contributed by atoms with van der Waals surface area (Å²) in [6.07, 6.45) is 0.434. The third-order valence-corrected chi connectivity index (χ3v) is 0.386. The first-order chi connectivity index (χ1) is 2.91. The van der Waals surface area contributed by atoms with Crippen LogP contribution in [0.3, 0.4) is 0 Å². The number of hydrogen-bond acceptors (Lipinski definition) is 2. The molecule has 37 valence electrons. The van der Waals surface area contributed by atoms with Gasteiger partial charge in [-0.3, -0.25) is 0 Å². The van der Waals surface area contributed by atoms with Gasteiger partial charge in [0.25, 0.3) is 0 Å². The fourth-order valence-corrected chi connectivity index (χ4v) is 0.123. The molecule has 0 amide bonds. The Morgan fingerprint density at radius 3 is 2.50 bits per heavy atom. The Kier molecular flexibility index (Phi) is 4.78. The summed E-state index contributed by atoms with van der Waals surface area (Å²) in [5.41, 5.74) is 0. The molecule has 0 aromatic heterocycles. The first-order valence-electron chi connectivity index (χ1n) is 1.77. The molecule has 6 heavy (non-hydrogen) atoms. The van der Waals surface area contributed by atoms with E-state index in [4.69, 9.17) is 10.4 Å². The Hall–Kier alpha value is -0.120. The predicted molar refractivity (Wildman–Crippen MR) is 18.3 cm³/mol. The van der Waals surface area contributed by atoms with Gasteiger partial charge < -0.3 is 5.11 Å². The van der Waals surface area contributed by atoms with Gasteiger partial charge in [0.15, 0.2) is 0 Å². The number of aliphatic hydroxyl groups excluding tert-OH is 1. The zero-order valence-corrected chi connectivity index (χ0v) is 3.39. The Balaban J connectivity index is 2.34. The summed E-state index contributed by atoms with van der Waals surface area (Å²) in [6.45, 7) is 0.138. The van der Waals surface area contributed by atoms with Crippen LogP contribution in [-0.4, -0.2) is 18.3 Å². The summed E-state index contributed by atoms with van der Waals surface area (Å²) in [5, 5.41) is 17.1. The Bertz CT molecular complexity index is 18.0. The summed E-state index contributed by atoms with van der Waals surface area (Å²) < 4.78 is 0. The van der Waals surface area contributed by atoms with E-state index in [0.717, 1.165) is 0 Å². The highest BCUT2D eigenvalue weighted by Crippen LogP contribution is 1.73. The van der Waals surface area contributed by atoms with Gasteiger partial charge in [0.05, 0.1) is 6.61 Å². The molecule has 0 unspecified atom stereocenters. The van der Waals surface area contributed by atoms with Crippen LogP contribution in [0.25, 0.3) is 0 Å². The molecule has 3 nitrogen and oxygen atoms in total. The van der Waals surface area contributed by atoms with Crippen LogP contribution in [0.4, 0.5) is 0 Å². The molecule has 0 saturated carbocycles. The fourth-order valence-electron chi connectivity index (χ4n) is 0.123. The average Bonchev–Trinajstić information content (AvgIpc) is 1.61. The van der Waals surface area contributed by atoms with E-state index in [2.05, 4.69) is 4.89 Å². The second-order valence-corrected chi connectivity index (χ2v) is 0.899. The summed E-state index contributed by atoms with van der Waals surface area (Å²) in [6, 6.07) is 0. The lowest BCUT2D eigenvalue weighted by molar-refractivity contribution is -0.304. The van der Waals surface area contributed by atoms with Gasteiger partial charge in [-0.1, -0.05) is 0 Å². The fraction of sp³-hybridized carbons (Fsp3) is 1.00. The minimum Gasteiger partial charge on any atom is -0.396 e. The molecule has 0 saturated heterocycles. The van der Waals surface area contributed by atoms with Crippen LogP contribution < -0.4 is 0 Å². The van der Waals surface area contributed by atoms with Gasteiger partial charge in [-0.15, -0.1) is 0 Å². The van der Waals surface area contributed by atoms with Crippen molar-refractivity contribution in [2.24, 2.45) is 0 Å². The van der Waals surface area contributed by atoms with E-state index in [1.807, 2.05) is 0 Å². The van der Waals surface area contributed by atoms with Crippen molar-refractivity contribution < 1.29 is 15.3 Å². The zero-order valence-electron chi connectivity index (χ0n) is 3.39. The zero-order chi connectivity index (χ0) is 4.83. The first-order valence-corrected chi connectivity index (χ1v) is 1.77. The molecular weight excluding hydrogens is 84.0 g/mol. The van der Waals surface area contributed by atoms with Crippen molar-refractivity contribution in [3.8, 4) is 0 Å². The highest BCUT2D eigenvalue weighted by Gasteiger charge is 1.78. The molecule has 0 aliphatic rings. The molecule has 0 aliphatic carbocycles. The number of aliphatic hydroxyl groups is 1. The SMILES string of the molecule is [O]OCCCO. The van der Waals surface area contributed by atoms with Crippen LogP contribution in [0.15, 0.2) is 0 Å². The molecule has 0 aliphatic heterocycles. The lowest BCUT2D eigenvalue weighted by atomic mass is 10.5. The standard InChI is InChI=1S/C3H7O3/c4-2-1-3-6-5/h4H,1-3H2. The minimum absolute atomic E-state index is 0.0300. The Labute approximate surface area is 36.1 Å². The van der Waals surface area contributed by atoms with Crippen LogP contribution in [0.1, 0.15) is 6.42 Å². The van der Waals surface area contributed by atoms with E-state index in [1.54, 1.807) is 0 Å². The maximum absolute atomic E-state index is 9.08. The molecule has 0 aromatic carbocycles. The van der Waals surface area contributed by atoms with Crippen molar-refractivity contribution >= 4 is 0 Å². The first kappa shape index (κ1) is 5.88. The maximum atomic E-state index is 9.08. The molecule has 1 N–H and O–H groups in total. The Morgan fingerprint density at radius 2 is 2.33 bits per heavy atom.